The molecule has 1 unspecified atom stereocenters. The van der Waals surface area contributed by atoms with Crippen LogP contribution in [0.4, 0.5) is 0 Å². The van der Waals surface area contributed by atoms with E-state index in [-0.39, 0.29) is 12.6 Å². The lowest BCUT2D eigenvalue weighted by atomic mass is 10.1. The molecule has 1 N–H and O–H groups in total. The maximum absolute atomic E-state index is 11.5. The molecular formula is C20H26N2O3S. The second kappa shape index (κ2) is 9.28. The van der Waals surface area contributed by atoms with Crippen molar-refractivity contribution in [3.63, 3.8) is 0 Å². The van der Waals surface area contributed by atoms with Crippen LogP contribution >= 0.6 is 11.3 Å². The molecule has 1 aliphatic heterocycles. The van der Waals surface area contributed by atoms with E-state index >= 15 is 0 Å². The third-order valence-corrected chi connectivity index (χ3v) is 5.73. The smallest absolute Gasteiger partial charge is 0.337 e. The Bertz CT molecular complexity index is 688. The summed E-state index contributed by atoms with van der Waals surface area (Å²) in [7, 11) is 1.40. The van der Waals surface area contributed by atoms with E-state index in [0.29, 0.717) is 11.6 Å². The molecular weight excluding hydrogens is 348 g/mol. The SMILES string of the molecule is COC(=O)c1ccc(CN2CCN(Cc3cccs3)C(CCO)C2)cc1. The van der Waals surface area contributed by atoms with Crippen LogP contribution in [0.15, 0.2) is 41.8 Å². The van der Waals surface area contributed by atoms with Gasteiger partial charge >= 0.3 is 5.97 Å². The number of esters is 1. The van der Waals surface area contributed by atoms with E-state index in [2.05, 4.69) is 27.3 Å². The molecule has 0 aliphatic carbocycles. The highest BCUT2D eigenvalue weighted by Gasteiger charge is 2.26. The van der Waals surface area contributed by atoms with Gasteiger partial charge in [-0.2, -0.15) is 0 Å². The normalized spacial score (nSPS) is 18.8. The van der Waals surface area contributed by atoms with Crippen molar-refractivity contribution in [2.24, 2.45) is 0 Å². The zero-order valence-electron chi connectivity index (χ0n) is 15.1. The van der Waals surface area contributed by atoms with E-state index in [9.17, 15) is 9.90 Å². The highest BCUT2D eigenvalue weighted by atomic mass is 32.1. The summed E-state index contributed by atoms with van der Waals surface area (Å²) in [6.45, 7) is 4.99. The van der Waals surface area contributed by atoms with Crippen LogP contribution in [0.3, 0.4) is 0 Å². The molecule has 0 saturated carbocycles. The molecule has 2 heterocycles. The lowest BCUT2D eigenvalue weighted by Crippen LogP contribution is -2.52. The Kier molecular flexibility index (Phi) is 6.80. The Morgan fingerprint density at radius 2 is 2.04 bits per heavy atom. The number of thiophene rings is 1. The summed E-state index contributed by atoms with van der Waals surface area (Å²) in [5.74, 6) is -0.304. The Balaban J connectivity index is 1.59. The first-order valence-corrected chi connectivity index (χ1v) is 9.84. The van der Waals surface area contributed by atoms with Crippen molar-refractivity contribution < 1.29 is 14.6 Å². The zero-order valence-corrected chi connectivity index (χ0v) is 16.0. The standard InChI is InChI=1S/C20H26N2O3S/c1-25-20(24)17-6-4-16(5-7-17)13-21-9-10-22(18(14-21)8-11-23)15-19-3-2-12-26-19/h2-7,12,18,23H,8-11,13-15H2,1H3. The van der Waals surface area contributed by atoms with Crippen molar-refractivity contribution in [2.45, 2.75) is 25.6 Å². The van der Waals surface area contributed by atoms with Crippen LogP contribution in [0, 0.1) is 0 Å². The highest BCUT2D eigenvalue weighted by Crippen LogP contribution is 2.20. The van der Waals surface area contributed by atoms with Gasteiger partial charge in [0.2, 0.25) is 0 Å². The number of aliphatic hydroxyl groups excluding tert-OH is 1. The van der Waals surface area contributed by atoms with E-state index in [4.69, 9.17) is 4.74 Å². The van der Waals surface area contributed by atoms with Crippen LogP contribution < -0.4 is 0 Å². The summed E-state index contributed by atoms with van der Waals surface area (Å²) >= 11 is 1.79. The topological polar surface area (TPSA) is 53.0 Å². The average molecular weight is 375 g/mol. The molecule has 0 spiro atoms. The van der Waals surface area contributed by atoms with Crippen LogP contribution in [0.25, 0.3) is 0 Å². The second-order valence-electron chi connectivity index (χ2n) is 6.64. The Hall–Kier alpha value is -1.73. The molecule has 0 radical (unpaired) electrons. The predicted octanol–water partition coefficient (Wildman–Crippen LogP) is 2.60. The van der Waals surface area contributed by atoms with Crippen molar-refractivity contribution in [1.82, 2.24) is 9.80 Å². The van der Waals surface area contributed by atoms with Crippen LogP contribution in [-0.4, -0.2) is 60.3 Å². The fourth-order valence-electron chi connectivity index (χ4n) is 3.46. The maximum atomic E-state index is 11.5. The zero-order chi connectivity index (χ0) is 18.4. The molecule has 26 heavy (non-hydrogen) atoms. The monoisotopic (exact) mass is 374 g/mol. The van der Waals surface area contributed by atoms with Gasteiger partial charge in [0.1, 0.15) is 0 Å². The summed E-state index contributed by atoms with van der Waals surface area (Å²) in [6.07, 6.45) is 0.795. The molecule has 1 aliphatic rings. The van der Waals surface area contributed by atoms with Gasteiger partial charge in [-0.3, -0.25) is 9.80 Å². The van der Waals surface area contributed by atoms with Crippen molar-refractivity contribution in [3.8, 4) is 0 Å². The Morgan fingerprint density at radius 3 is 2.69 bits per heavy atom. The molecule has 0 amide bonds. The van der Waals surface area contributed by atoms with Gasteiger partial charge in [0.15, 0.2) is 0 Å². The first-order valence-electron chi connectivity index (χ1n) is 8.96. The fourth-order valence-corrected chi connectivity index (χ4v) is 4.19. The molecule has 2 aromatic rings. The minimum absolute atomic E-state index is 0.216. The van der Waals surface area contributed by atoms with Crippen LogP contribution in [-0.2, 0) is 17.8 Å². The molecule has 1 saturated heterocycles. The Labute approximate surface area is 158 Å². The number of rotatable bonds is 7. The number of hydrogen-bond acceptors (Lipinski definition) is 6. The average Bonchev–Trinajstić information content (AvgIpc) is 3.17. The van der Waals surface area contributed by atoms with Gasteiger partial charge in [-0.1, -0.05) is 18.2 Å². The lowest BCUT2D eigenvalue weighted by Gasteiger charge is -2.41. The molecule has 1 aromatic carbocycles. The molecule has 1 atom stereocenters. The number of carbonyl (C=O) groups excluding carboxylic acids is 1. The minimum Gasteiger partial charge on any atom is -0.465 e. The predicted molar refractivity (Wildman–Crippen MR) is 103 cm³/mol. The number of benzene rings is 1. The van der Waals surface area contributed by atoms with Crippen molar-refractivity contribution in [3.05, 3.63) is 57.8 Å². The quantitative estimate of drug-likeness (QED) is 0.755. The van der Waals surface area contributed by atoms with E-state index in [1.54, 1.807) is 11.3 Å². The number of methoxy groups -OCH3 is 1. The molecule has 1 aromatic heterocycles. The molecule has 140 valence electrons. The second-order valence-corrected chi connectivity index (χ2v) is 7.67. The summed E-state index contributed by atoms with van der Waals surface area (Å²) in [5.41, 5.74) is 1.77. The van der Waals surface area contributed by atoms with Gasteiger partial charge in [0.05, 0.1) is 12.7 Å². The van der Waals surface area contributed by atoms with Gasteiger partial charge < -0.3 is 9.84 Å². The number of carbonyl (C=O) groups is 1. The molecule has 6 heteroatoms. The number of hydrogen-bond donors (Lipinski definition) is 1. The summed E-state index contributed by atoms with van der Waals surface area (Å²) in [4.78, 5) is 17.8. The fraction of sp³-hybridized carbons (Fsp3) is 0.450. The molecule has 5 nitrogen and oxygen atoms in total. The van der Waals surface area contributed by atoms with Gasteiger partial charge in [-0.05, 0) is 35.6 Å². The third kappa shape index (κ3) is 4.92. The highest BCUT2D eigenvalue weighted by molar-refractivity contribution is 7.09. The number of ether oxygens (including phenoxy) is 1. The van der Waals surface area contributed by atoms with Crippen molar-refractivity contribution >= 4 is 17.3 Å². The van der Waals surface area contributed by atoms with E-state index in [1.807, 2.05) is 24.3 Å². The summed E-state index contributed by atoms with van der Waals surface area (Å²) in [5, 5.41) is 11.6. The first kappa shape index (κ1) is 19.0. The van der Waals surface area contributed by atoms with E-state index in [0.717, 1.165) is 39.1 Å². The molecule has 3 rings (SSSR count). The van der Waals surface area contributed by atoms with Crippen molar-refractivity contribution in [2.75, 3.05) is 33.4 Å². The van der Waals surface area contributed by atoms with E-state index in [1.165, 1.54) is 17.6 Å². The summed E-state index contributed by atoms with van der Waals surface area (Å²) < 4.78 is 4.74. The van der Waals surface area contributed by atoms with Crippen LogP contribution in [0.2, 0.25) is 0 Å². The minimum atomic E-state index is -0.304. The van der Waals surface area contributed by atoms with Gasteiger partial charge in [0, 0.05) is 50.2 Å². The number of aliphatic hydroxyl groups is 1. The first-order chi connectivity index (χ1) is 12.7. The van der Waals surface area contributed by atoms with Gasteiger partial charge in [0.25, 0.3) is 0 Å². The number of piperazine rings is 1. The Morgan fingerprint density at radius 1 is 1.23 bits per heavy atom. The maximum Gasteiger partial charge on any atom is 0.337 e. The van der Waals surface area contributed by atoms with Crippen molar-refractivity contribution in [1.29, 1.82) is 0 Å². The molecule has 1 fully saturated rings. The number of nitrogens with zero attached hydrogens (tertiary/aromatic N) is 2. The summed E-state index contributed by atoms with van der Waals surface area (Å²) in [6, 6.07) is 12.3. The van der Waals surface area contributed by atoms with Gasteiger partial charge in [-0.15, -0.1) is 11.3 Å². The lowest BCUT2D eigenvalue weighted by molar-refractivity contribution is 0.0506. The third-order valence-electron chi connectivity index (χ3n) is 4.87. The van der Waals surface area contributed by atoms with Crippen LogP contribution in [0.1, 0.15) is 27.2 Å². The largest absolute Gasteiger partial charge is 0.465 e. The van der Waals surface area contributed by atoms with E-state index < -0.39 is 0 Å². The molecule has 0 bridgehead atoms. The van der Waals surface area contributed by atoms with Gasteiger partial charge in [-0.25, -0.2) is 4.79 Å². The van der Waals surface area contributed by atoms with Crippen LogP contribution in [0.5, 0.6) is 0 Å².